The van der Waals surface area contributed by atoms with Crippen LogP contribution >= 0.6 is 23.5 Å². The predicted molar refractivity (Wildman–Crippen MR) is 142 cm³/mol. The van der Waals surface area contributed by atoms with E-state index in [1.807, 2.05) is 0 Å². The van der Waals surface area contributed by atoms with Crippen molar-refractivity contribution < 1.29 is 5.11 Å². The van der Waals surface area contributed by atoms with Crippen molar-refractivity contribution in [3.63, 3.8) is 0 Å². The Balaban J connectivity index is 1.39. The average Bonchev–Trinajstić information content (AvgIpc) is 3.34. The molecule has 1 nitrogen and oxygen atoms in total. The number of aliphatic hydroxyl groups excluding tert-OH is 1. The number of thioether (sulfide) groups is 2. The summed E-state index contributed by atoms with van der Waals surface area (Å²) in [6.07, 6.45) is 15.1. The third kappa shape index (κ3) is 3.85. The van der Waals surface area contributed by atoms with Gasteiger partial charge in [-0.1, -0.05) is 53.9 Å². The summed E-state index contributed by atoms with van der Waals surface area (Å²) in [6, 6.07) is 0. The van der Waals surface area contributed by atoms with Crippen LogP contribution in [0.4, 0.5) is 0 Å². The van der Waals surface area contributed by atoms with Crippen molar-refractivity contribution in [3.05, 3.63) is 0 Å². The molecule has 0 bridgehead atoms. The maximum Gasteiger partial charge on any atom is 0.0648 e. The minimum absolute atomic E-state index is 0.0419. The molecule has 5 rings (SSSR count). The van der Waals surface area contributed by atoms with Gasteiger partial charge >= 0.3 is 0 Å². The summed E-state index contributed by atoms with van der Waals surface area (Å²) in [6.45, 7) is 12.8. The van der Waals surface area contributed by atoms with E-state index in [0.29, 0.717) is 14.9 Å². The molecule has 1 spiro atoms. The first-order valence-electron chi connectivity index (χ1n) is 14.2. The van der Waals surface area contributed by atoms with E-state index in [-0.39, 0.29) is 6.10 Å². The zero-order valence-corrected chi connectivity index (χ0v) is 23.2. The van der Waals surface area contributed by atoms with Crippen molar-refractivity contribution in [3.8, 4) is 0 Å². The van der Waals surface area contributed by atoms with Gasteiger partial charge in [0.05, 0.1) is 10.2 Å². The molecule has 0 aromatic carbocycles. The van der Waals surface area contributed by atoms with E-state index < -0.39 is 0 Å². The second kappa shape index (κ2) is 8.95. The molecule has 0 radical (unpaired) electrons. The number of rotatable bonds is 5. The summed E-state index contributed by atoms with van der Waals surface area (Å²) >= 11 is 4.63. The van der Waals surface area contributed by atoms with Crippen molar-refractivity contribution >= 4 is 23.5 Å². The van der Waals surface area contributed by atoms with E-state index in [0.717, 1.165) is 54.3 Å². The van der Waals surface area contributed by atoms with Crippen LogP contribution in [0, 0.1) is 52.3 Å². The molecule has 184 valence electrons. The molecule has 5 fully saturated rings. The SMILES string of the molecule is CC(C)CCCC(C)C1CCC2C3CC4(SCCS4)C4C[C@@H](O)CC[C@]4(C)C3CC[C@]12C. The van der Waals surface area contributed by atoms with E-state index in [4.69, 9.17) is 0 Å². The lowest BCUT2D eigenvalue weighted by molar-refractivity contribution is -0.130. The van der Waals surface area contributed by atoms with Gasteiger partial charge in [0.1, 0.15) is 0 Å². The minimum Gasteiger partial charge on any atom is -0.393 e. The molecule has 5 aliphatic rings. The molecule has 1 heterocycles. The lowest BCUT2D eigenvalue weighted by Crippen LogP contribution is -2.60. The van der Waals surface area contributed by atoms with E-state index >= 15 is 0 Å². The van der Waals surface area contributed by atoms with Crippen LogP contribution in [0.3, 0.4) is 0 Å². The summed E-state index contributed by atoms with van der Waals surface area (Å²) in [5.41, 5.74) is 1.06. The molecule has 32 heavy (non-hydrogen) atoms. The van der Waals surface area contributed by atoms with Gasteiger partial charge in [-0.25, -0.2) is 0 Å². The Morgan fingerprint density at radius 1 is 0.875 bits per heavy atom. The fraction of sp³-hybridized carbons (Fsp3) is 1.00. The fourth-order valence-corrected chi connectivity index (χ4v) is 14.1. The van der Waals surface area contributed by atoms with Gasteiger partial charge in [-0.3, -0.25) is 0 Å². The molecule has 0 aromatic rings. The van der Waals surface area contributed by atoms with E-state index in [2.05, 4.69) is 58.1 Å². The number of aliphatic hydroxyl groups is 1. The van der Waals surface area contributed by atoms with Crippen LogP contribution in [0.25, 0.3) is 0 Å². The molecular formula is C29H50OS2. The van der Waals surface area contributed by atoms with Gasteiger partial charge < -0.3 is 5.11 Å². The van der Waals surface area contributed by atoms with Crippen LogP contribution in [-0.4, -0.2) is 26.8 Å². The molecule has 3 heteroatoms. The second-order valence-corrected chi connectivity index (χ2v) is 16.7. The van der Waals surface area contributed by atoms with Gasteiger partial charge in [0, 0.05) is 11.5 Å². The predicted octanol–water partition coefficient (Wildman–Crippen LogP) is 8.25. The first kappa shape index (κ1) is 24.4. The largest absolute Gasteiger partial charge is 0.393 e. The van der Waals surface area contributed by atoms with Crippen LogP contribution in [0.1, 0.15) is 105 Å². The van der Waals surface area contributed by atoms with Crippen LogP contribution < -0.4 is 0 Å². The van der Waals surface area contributed by atoms with E-state index in [1.165, 1.54) is 69.3 Å². The van der Waals surface area contributed by atoms with Crippen molar-refractivity contribution in [2.24, 2.45) is 52.3 Å². The van der Waals surface area contributed by atoms with Crippen LogP contribution in [0.2, 0.25) is 0 Å². The van der Waals surface area contributed by atoms with Gasteiger partial charge in [-0.2, -0.15) is 0 Å². The fourth-order valence-electron chi connectivity index (χ4n) is 10.1. The van der Waals surface area contributed by atoms with Gasteiger partial charge in [-0.15, -0.1) is 23.5 Å². The summed E-state index contributed by atoms with van der Waals surface area (Å²) < 4.78 is 0.413. The first-order chi connectivity index (χ1) is 15.2. The maximum atomic E-state index is 10.7. The van der Waals surface area contributed by atoms with Crippen molar-refractivity contribution in [1.29, 1.82) is 0 Å². The van der Waals surface area contributed by atoms with Crippen LogP contribution in [0.15, 0.2) is 0 Å². The molecule has 1 N–H and O–H groups in total. The maximum absolute atomic E-state index is 10.7. The van der Waals surface area contributed by atoms with Gasteiger partial charge in [0.2, 0.25) is 0 Å². The molecule has 1 saturated heterocycles. The van der Waals surface area contributed by atoms with Crippen molar-refractivity contribution in [2.75, 3.05) is 11.5 Å². The molecular weight excluding hydrogens is 428 g/mol. The first-order valence-corrected chi connectivity index (χ1v) is 16.1. The molecule has 0 amide bonds. The monoisotopic (exact) mass is 478 g/mol. The number of hydrogen-bond donors (Lipinski definition) is 1. The molecule has 6 unspecified atom stereocenters. The Kier molecular flexibility index (Phi) is 6.81. The molecule has 0 aromatic heterocycles. The van der Waals surface area contributed by atoms with E-state index in [9.17, 15) is 5.11 Å². The Morgan fingerprint density at radius 2 is 1.56 bits per heavy atom. The van der Waals surface area contributed by atoms with Gasteiger partial charge in [0.25, 0.3) is 0 Å². The standard InChI is InChI=1S/C29H50OS2/c1-19(2)7-6-8-20(3)23-9-10-24-22-18-29(31-15-16-32-29)26-17-21(30)11-13-28(26,5)25(22)12-14-27(23,24)4/h19-26,30H,6-18H2,1-5H3/t20?,21-,22?,23?,24?,25?,26?,27+,28+/m0/s1. The van der Waals surface area contributed by atoms with Crippen molar-refractivity contribution in [2.45, 2.75) is 115 Å². The Bertz CT molecular complexity index is 672. The quantitative estimate of drug-likeness (QED) is 0.429. The second-order valence-electron chi connectivity index (χ2n) is 13.6. The minimum atomic E-state index is -0.0419. The van der Waals surface area contributed by atoms with Gasteiger partial charge in [-0.05, 0) is 104 Å². The Labute approximate surface area is 207 Å². The third-order valence-corrected chi connectivity index (χ3v) is 15.3. The average molecular weight is 479 g/mol. The summed E-state index contributed by atoms with van der Waals surface area (Å²) in [5.74, 6) is 8.94. The molecule has 4 saturated carbocycles. The lowest BCUT2D eigenvalue weighted by atomic mass is 9.44. The summed E-state index contributed by atoms with van der Waals surface area (Å²) in [7, 11) is 0. The lowest BCUT2D eigenvalue weighted by Gasteiger charge is -2.65. The highest BCUT2D eigenvalue weighted by molar-refractivity contribution is 8.21. The summed E-state index contributed by atoms with van der Waals surface area (Å²) in [5, 5.41) is 10.7. The Hall–Kier alpha value is 0.660. The Morgan fingerprint density at radius 3 is 2.28 bits per heavy atom. The van der Waals surface area contributed by atoms with Crippen molar-refractivity contribution in [1.82, 2.24) is 0 Å². The summed E-state index contributed by atoms with van der Waals surface area (Å²) in [4.78, 5) is 0. The third-order valence-electron chi connectivity index (χ3n) is 11.6. The smallest absolute Gasteiger partial charge is 0.0648 e. The number of fused-ring (bicyclic) bond motifs is 6. The normalized spacial score (nSPS) is 48.5. The highest BCUT2D eigenvalue weighted by Crippen LogP contribution is 2.74. The zero-order valence-electron chi connectivity index (χ0n) is 21.6. The number of hydrogen-bond acceptors (Lipinski definition) is 3. The van der Waals surface area contributed by atoms with Gasteiger partial charge in [0.15, 0.2) is 0 Å². The molecule has 1 aliphatic heterocycles. The van der Waals surface area contributed by atoms with E-state index in [1.54, 1.807) is 0 Å². The van der Waals surface area contributed by atoms with Crippen LogP contribution in [0.5, 0.6) is 0 Å². The zero-order chi connectivity index (χ0) is 22.7. The molecule has 9 atom stereocenters. The highest BCUT2D eigenvalue weighted by Gasteiger charge is 2.66. The molecule has 4 aliphatic carbocycles. The van der Waals surface area contributed by atoms with Crippen LogP contribution in [-0.2, 0) is 0 Å². The highest BCUT2D eigenvalue weighted by atomic mass is 32.2. The topological polar surface area (TPSA) is 20.2 Å².